The second-order valence-corrected chi connectivity index (χ2v) is 4.56. The van der Waals surface area contributed by atoms with Crippen LogP contribution >= 0.6 is 11.6 Å². The van der Waals surface area contributed by atoms with Crippen molar-refractivity contribution in [2.24, 2.45) is 5.73 Å². The van der Waals surface area contributed by atoms with Crippen molar-refractivity contribution >= 4 is 17.6 Å². The van der Waals surface area contributed by atoms with E-state index in [2.05, 4.69) is 9.97 Å². The molecule has 0 aliphatic rings. The van der Waals surface area contributed by atoms with Gasteiger partial charge in [-0.15, -0.1) is 0 Å². The van der Waals surface area contributed by atoms with Gasteiger partial charge in [-0.25, -0.2) is 4.98 Å². The molecule has 6 heteroatoms. The number of nitrogens with two attached hydrogens (primary N) is 1. The number of hydrogen-bond donors (Lipinski definition) is 2. The summed E-state index contributed by atoms with van der Waals surface area (Å²) in [5, 5.41) is 0.644. The summed E-state index contributed by atoms with van der Waals surface area (Å²) in [5.74, 6) is -0.440. The monoisotopic (exact) mass is 279 g/mol. The number of carbonyl (C=O) groups is 1. The first-order valence-electron chi connectivity index (χ1n) is 5.79. The van der Waals surface area contributed by atoms with Crippen LogP contribution in [-0.4, -0.2) is 22.0 Å². The lowest BCUT2D eigenvalue weighted by Gasteiger charge is -2.10. The molecule has 0 fully saturated rings. The smallest absolute Gasteiger partial charge is 0.323 e. The van der Waals surface area contributed by atoms with Crippen LogP contribution in [0.5, 0.6) is 0 Å². The first-order chi connectivity index (χ1) is 9.15. The van der Waals surface area contributed by atoms with Gasteiger partial charge in [-0.05, 0) is 17.7 Å². The maximum atomic E-state index is 11.7. The zero-order valence-corrected chi connectivity index (χ0v) is 10.9. The molecule has 0 saturated heterocycles. The van der Waals surface area contributed by atoms with E-state index in [0.29, 0.717) is 11.4 Å². The number of hydrogen-bond acceptors (Lipinski definition) is 4. The molecule has 0 bridgehead atoms. The summed E-state index contributed by atoms with van der Waals surface area (Å²) in [6, 6.07) is 6.39. The highest BCUT2D eigenvalue weighted by molar-refractivity contribution is 6.30. The average Bonchev–Trinajstić information content (AvgIpc) is 2.90. The molecule has 19 heavy (non-hydrogen) atoms. The Bertz CT molecular complexity index is 525. The largest absolute Gasteiger partial charge is 0.460 e. The molecule has 0 saturated carbocycles. The Balaban J connectivity index is 1.82. The van der Waals surface area contributed by atoms with E-state index in [4.69, 9.17) is 22.1 Å². The third-order valence-corrected chi connectivity index (χ3v) is 2.84. The summed E-state index contributed by atoms with van der Waals surface area (Å²) in [4.78, 5) is 18.5. The normalized spacial score (nSPS) is 12.1. The van der Waals surface area contributed by atoms with Crippen LogP contribution in [0.4, 0.5) is 0 Å². The third-order valence-electron chi connectivity index (χ3n) is 2.59. The minimum absolute atomic E-state index is 0.187. The number of imidazole rings is 1. The lowest BCUT2D eigenvalue weighted by Crippen LogP contribution is -2.34. The van der Waals surface area contributed by atoms with Crippen LogP contribution in [0.15, 0.2) is 36.8 Å². The van der Waals surface area contributed by atoms with Crippen molar-refractivity contribution in [2.45, 2.75) is 19.1 Å². The molecular weight excluding hydrogens is 266 g/mol. The highest BCUT2D eigenvalue weighted by Gasteiger charge is 2.16. The molecule has 2 aromatic rings. The lowest BCUT2D eigenvalue weighted by atomic mass is 10.2. The van der Waals surface area contributed by atoms with Crippen LogP contribution in [0.25, 0.3) is 0 Å². The summed E-state index contributed by atoms with van der Waals surface area (Å²) in [6.45, 7) is 0.187. The number of aromatic amines is 1. The lowest BCUT2D eigenvalue weighted by molar-refractivity contribution is -0.146. The molecule has 2 rings (SSSR count). The molecular formula is C13H14ClN3O2. The molecule has 1 heterocycles. The number of ether oxygens (including phenoxy) is 1. The molecule has 1 aromatic heterocycles. The minimum atomic E-state index is -0.701. The average molecular weight is 280 g/mol. The summed E-state index contributed by atoms with van der Waals surface area (Å²) < 4.78 is 5.14. The topological polar surface area (TPSA) is 81.0 Å². The van der Waals surface area contributed by atoms with Gasteiger partial charge in [0.05, 0.1) is 6.33 Å². The van der Waals surface area contributed by atoms with Gasteiger partial charge in [0.1, 0.15) is 12.6 Å². The van der Waals surface area contributed by atoms with Crippen LogP contribution in [0.3, 0.4) is 0 Å². The molecule has 0 spiro atoms. The van der Waals surface area contributed by atoms with Crippen LogP contribution in [0.2, 0.25) is 5.02 Å². The van der Waals surface area contributed by atoms with E-state index >= 15 is 0 Å². The summed E-state index contributed by atoms with van der Waals surface area (Å²) in [5.41, 5.74) is 7.42. The van der Waals surface area contributed by atoms with E-state index in [9.17, 15) is 4.79 Å². The number of H-pyrrole nitrogens is 1. The van der Waals surface area contributed by atoms with Crippen LogP contribution in [0.1, 0.15) is 11.3 Å². The van der Waals surface area contributed by atoms with Crippen molar-refractivity contribution in [1.29, 1.82) is 0 Å². The Kier molecular flexibility index (Phi) is 4.54. The number of nitrogens with zero attached hydrogens (tertiary/aromatic N) is 1. The van der Waals surface area contributed by atoms with Gasteiger partial charge in [-0.1, -0.05) is 23.7 Å². The minimum Gasteiger partial charge on any atom is -0.460 e. The second-order valence-electron chi connectivity index (χ2n) is 4.12. The number of rotatable bonds is 5. The van der Waals surface area contributed by atoms with Gasteiger partial charge in [0.2, 0.25) is 0 Å². The number of carbonyl (C=O) groups excluding carboxylic acids is 1. The maximum Gasteiger partial charge on any atom is 0.323 e. The van der Waals surface area contributed by atoms with Gasteiger partial charge < -0.3 is 15.5 Å². The molecule has 3 N–H and O–H groups in total. The van der Waals surface area contributed by atoms with Crippen molar-refractivity contribution in [2.75, 3.05) is 0 Å². The maximum absolute atomic E-state index is 11.7. The number of nitrogens with one attached hydrogen (secondary N) is 1. The number of halogens is 1. The van der Waals surface area contributed by atoms with Crippen molar-refractivity contribution in [3.8, 4) is 0 Å². The third kappa shape index (κ3) is 4.08. The fourth-order valence-corrected chi connectivity index (χ4v) is 1.68. The van der Waals surface area contributed by atoms with E-state index < -0.39 is 12.0 Å². The second kappa shape index (κ2) is 6.36. The van der Waals surface area contributed by atoms with Gasteiger partial charge in [0, 0.05) is 23.3 Å². The van der Waals surface area contributed by atoms with Gasteiger partial charge in [-0.2, -0.15) is 0 Å². The molecule has 0 radical (unpaired) electrons. The molecule has 1 atom stereocenters. The Hall–Kier alpha value is -1.85. The van der Waals surface area contributed by atoms with Crippen molar-refractivity contribution in [3.63, 3.8) is 0 Å². The van der Waals surface area contributed by atoms with E-state index in [1.807, 2.05) is 0 Å². The molecule has 100 valence electrons. The van der Waals surface area contributed by atoms with Gasteiger partial charge >= 0.3 is 5.97 Å². The summed E-state index contributed by atoms with van der Waals surface area (Å²) in [6.07, 6.45) is 3.55. The first-order valence-corrected chi connectivity index (χ1v) is 6.17. The highest BCUT2D eigenvalue weighted by atomic mass is 35.5. The van der Waals surface area contributed by atoms with E-state index in [1.54, 1.807) is 36.8 Å². The Morgan fingerprint density at radius 1 is 1.42 bits per heavy atom. The molecule has 0 unspecified atom stereocenters. The SMILES string of the molecule is N[C@H](Cc1cnc[nH]1)C(=O)OCc1ccc(Cl)cc1. The Labute approximate surface area is 115 Å². The van der Waals surface area contributed by atoms with Crippen LogP contribution < -0.4 is 5.73 Å². The predicted molar refractivity (Wildman–Crippen MR) is 71.5 cm³/mol. The number of benzene rings is 1. The van der Waals surface area contributed by atoms with Gasteiger partial charge in [-0.3, -0.25) is 4.79 Å². The molecule has 0 aliphatic heterocycles. The fourth-order valence-electron chi connectivity index (χ4n) is 1.56. The molecule has 5 nitrogen and oxygen atoms in total. The zero-order chi connectivity index (χ0) is 13.7. The number of esters is 1. The zero-order valence-electron chi connectivity index (χ0n) is 10.2. The predicted octanol–water partition coefficient (Wildman–Crippen LogP) is 1.68. The van der Waals surface area contributed by atoms with Crippen molar-refractivity contribution in [1.82, 2.24) is 9.97 Å². The number of aromatic nitrogens is 2. The summed E-state index contributed by atoms with van der Waals surface area (Å²) >= 11 is 5.77. The first kappa shape index (κ1) is 13.6. The standard InChI is InChI=1S/C13H14ClN3O2/c14-10-3-1-9(2-4-10)7-19-13(18)12(15)5-11-6-16-8-17-11/h1-4,6,8,12H,5,7,15H2,(H,16,17)/t12-/m1/s1. The summed E-state index contributed by atoms with van der Waals surface area (Å²) in [7, 11) is 0. The molecule has 1 aromatic carbocycles. The van der Waals surface area contributed by atoms with E-state index in [1.165, 1.54) is 0 Å². The molecule has 0 amide bonds. The van der Waals surface area contributed by atoms with E-state index in [0.717, 1.165) is 11.3 Å². The van der Waals surface area contributed by atoms with Crippen molar-refractivity contribution < 1.29 is 9.53 Å². The van der Waals surface area contributed by atoms with Gasteiger partial charge in [0.15, 0.2) is 0 Å². The fraction of sp³-hybridized carbons (Fsp3) is 0.231. The van der Waals surface area contributed by atoms with E-state index in [-0.39, 0.29) is 6.61 Å². The Morgan fingerprint density at radius 3 is 2.79 bits per heavy atom. The highest BCUT2D eigenvalue weighted by Crippen LogP contribution is 2.10. The van der Waals surface area contributed by atoms with Crippen LogP contribution in [-0.2, 0) is 22.6 Å². The molecule has 0 aliphatic carbocycles. The Morgan fingerprint density at radius 2 is 2.16 bits per heavy atom. The van der Waals surface area contributed by atoms with Gasteiger partial charge in [0.25, 0.3) is 0 Å². The quantitative estimate of drug-likeness (QED) is 0.816. The van der Waals surface area contributed by atoms with Crippen LogP contribution in [0, 0.1) is 0 Å². The van der Waals surface area contributed by atoms with Crippen molar-refractivity contribution in [3.05, 3.63) is 53.1 Å².